The molecule has 1 aromatic carbocycles. The molecule has 1 aromatic rings. The molecule has 1 unspecified atom stereocenters. The van der Waals surface area contributed by atoms with E-state index in [-0.39, 0.29) is 0 Å². The largest absolute Gasteiger partial charge is 0.494 e. The predicted octanol–water partition coefficient (Wildman–Crippen LogP) is 2.79. The van der Waals surface area contributed by atoms with E-state index in [1.807, 2.05) is 6.07 Å². The topological polar surface area (TPSA) is 38.5 Å². The van der Waals surface area contributed by atoms with Crippen LogP contribution in [0.4, 0.5) is 0 Å². The first kappa shape index (κ1) is 14.4. The Kier molecular flexibility index (Phi) is 5.67. The monoisotopic (exact) mass is 262 g/mol. The van der Waals surface area contributed by atoms with Crippen molar-refractivity contribution in [2.24, 2.45) is 5.73 Å². The minimum Gasteiger partial charge on any atom is -0.494 e. The Hall–Kier alpha value is -1.06. The van der Waals surface area contributed by atoms with Crippen molar-refractivity contribution in [2.75, 3.05) is 19.7 Å². The second-order valence-electron chi connectivity index (χ2n) is 5.45. The Morgan fingerprint density at radius 1 is 1.37 bits per heavy atom. The highest BCUT2D eigenvalue weighted by Gasteiger charge is 2.18. The van der Waals surface area contributed by atoms with E-state index >= 15 is 0 Å². The van der Waals surface area contributed by atoms with Crippen molar-refractivity contribution in [2.45, 2.75) is 45.2 Å². The fourth-order valence-electron chi connectivity index (χ4n) is 2.63. The van der Waals surface area contributed by atoms with Crippen LogP contribution < -0.4 is 10.5 Å². The van der Waals surface area contributed by atoms with Crippen LogP contribution in [0.2, 0.25) is 0 Å². The lowest BCUT2D eigenvalue weighted by Crippen LogP contribution is -2.36. The molecule has 1 saturated heterocycles. The maximum Gasteiger partial charge on any atom is 0.119 e. The van der Waals surface area contributed by atoms with Crippen LogP contribution in [0.1, 0.15) is 38.2 Å². The highest BCUT2D eigenvalue weighted by molar-refractivity contribution is 5.28. The molecule has 0 aromatic heterocycles. The van der Waals surface area contributed by atoms with Gasteiger partial charge in [0.2, 0.25) is 0 Å². The average Bonchev–Trinajstić information content (AvgIpc) is 2.42. The van der Waals surface area contributed by atoms with E-state index in [1.54, 1.807) is 0 Å². The van der Waals surface area contributed by atoms with E-state index in [1.165, 1.54) is 31.4 Å². The predicted molar refractivity (Wildman–Crippen MR) is 79.3 cm³/mol. The summed E-state index contributed by atoms with van der Waals surface area (Å²) in [6.45, 7) is 5.99. The van der Waals surface area contributed by atoms with E-state index in [2.05, 4.69) is 30.0 Å². The fourth-order valence-corrected chi connectivity index (χ4v) is 2.63. The first-order valence-corrected chi connectivity index (χ1v) is 7.45. The number of rotatable bonds is 6. The summed E-state index contributed by atoms with van der Waals surface area (Å²) in [6, 6.07) is 9.17. The van der Waals surface area contributed by atoms with Crippen molar-refractivity contribution in [3.05, 3.63) is 29.8 Å². The summed E-state index contributed by atoms with van der Waals surface area (Å²) in [4.78, 5) is 2.57. The molecular formula is C16H26N2O. The summed E-state index contributed by atoms with van der Waals surface area (Å²) in [6.07, 6.45) is 4.94. The number of piperidine rings is 1. The van der Waals surface area contributed by atoms with Gasteiger partial charge in [-0.15, -0.1) is 0 Å². The maximum atomic E-state index is 5.70. The van der Waals surface area contributed by atoms with Gasteiger partial charge in [-0.05, 0) is 57.0 Å². The van der Waals surface area contributed by atoms with Crippen molar-refractivity contribution in [1.82, 2.24) is 4.90 Å². The van der Waals surface area contributed by atoms with Gasteiger partial charge in [0, 0.05) is 12.6 Å². The van der Waals surface area contributed by atoms with Crippen LogP contribution in [0.15, 0.2) is 24.3 Å². The molecular weight excluding hydrogens is 236 g/mol. The molecule has 1 aliphatic heterocycles. The number of benzene rings is 1. The van der Waals surface area contributed by atoms with Gasteiger partial charge >= 0.3 is 0 Å². The van der Waals surface area contributed by atoms with Crippen molar-refractivity contribution < 1.29 is 4.74 Å². The molecule has 0 radical (unpaired) electrons. The highest BCUT2D eigenvalue weighted by Crippen LogP contribution is 2.21. The molecule has 2 rings (SSSR count). The van der Waals surface area contributed by atoms with Crippen LogP contribution in [0, 0.1) is 0 Å². The van der Waals surface area contributed by atoms with Crippen molar-refractivity contribution in [1.29, 1.82) is 0 Å². The molecule has 1 aliphatic rings. The number of ether oxygens (including phenoxy) is 1. The van der Waals surface area contributed by atoms with E-state index in [4.69, 9.17) is 10.5 Å². The molecule has 106 valence electrons. The normalized spacial score (nSPS) is 20.4. The van der Waals surface area contributed by atoms with Gasteiger partial charge in [-0.1, -0.05) is 18.6 Å². The maximum absolute atomic E-state index is 5.70. The first-order chi connectivity index (χ1) is 9.29. The molecule has 1 atom stereocenters. The van der Waals surface area contributed by atoms with Crippen molar-refractivity contribution in [3.63, 3.8) is 0 Å². The van der Waals surface area contributed by atoms with Crippen LogP contribution in [0.3, 0.4) is 0 Å². The quantitative estimate of drug-likeness (QED) is 0.801. The summed E-state index contributed by atoms with van der Waals surface area (Å²) in [5, 5.41) is 0. The smallest absolute Gasteiger partial charge is 0.119 e. The lowest BCUT2D eigenvalue weighted by atomic mass is 10.0. The minimum atomic E-state index is 0.685. The summed E-state index contributed by atoms with van der Waals surface area (Å²) < 4.78 is 5.70. The molecule has 3 heteroatoms. The Bertz CT molecular complexity index is 381. The van der Waals surface area contributed by atoms with Crippen molar-refractivity contribution in [3.8, 4) is 5.75 Å². The highest BCUT2D eigenvalue weighted by atomic mass is 16.5. The lowest BCUT2D eigenvalue weighted by Gasteiger charge is -2.33. The zero-order chi connectivity index (χ0) is 13.5. The van der Waals surface area contributed by atoms with E-state index < -0.39 is 0 Å². The van der Waals surface area contributed by atoms with Crippen LogP contribution in [0.25, 0.3) is 0 Å². The Balaban J connectivity index is 1.90. The molecule has 0 saturated carbocycles. The van der Waals surface area contributed by atoms with Crippen molar-refractivity contribution >= 4 is 0 Å². The average molecular weight is 262 g/mol. The SMILES string of the molecule is CC1CCCCN1Cc1cccc(OCCCN)c1. The van der Waals surface area contributed by atoms with Gasteiger partial charge in [0.25, 0.3) is 0 Å². The summed E-state index contributed by atoms with van der Waals surface area (Å²) in [5.74, 6) is 0.968. The third-order valence-corrected chi connectivity index (χ3v) is 3.84. The first-order valence-electron chi connectivity index (χ1n) is 7.45. The van der Waals surface area contributed by atoms with Gasteiger partial charge in [0.1, 0.15) is 5.75 Å². The van der Waals surface area contributed by atoms with Crippen LogP contribution in [0.5, 0.6) is 5.75 Å². The summed E-state index contributed by atoms with van der Waals surface area (Å²) >= 11 is 0. The Labute approximate surface area is 116 Å². The number of nitrogens with zero attached hydrogens (tertiary/aromatic N) is 1. The molecule has 2 N–H and O–H groups in total. The van der Waals surface area contributed by atoms with Gasteiger partial charge < -0.3 is 10.5 Å². The van der Waals surface area contributed by atoms with Gasteiger partial charge in [-0.25, -0.2) is 0 Å². The molecule has 1 heterocycles. The summed E-state index contributed by atoms with van der Waals surface area (Å²) in [7, 11) is 0. The molecule has 19 heavy (non-hydrogen) atoms. The van der Waals surface area contributed by atoms with Gasteiger partial charge in [-0.3, -0.25) is 4.90 Å². The van der Waals surface area contributed by atoms with Gasteiger partial charge in [-0.2, -0.15) is 0 Å². The minimum absolute atomic E-state index is 0.685. The number of likely N-dealkylation sites (tertiary alicyclic amines) is 1. The zero-order valence-electron chi connectivity index (χ0n) is 12.0. The number of hydrogen-bond acceptors (Lipinski definition) is 3. The number of nitrogens with two attached hydrogens (primary N) is 1. The molecule has 0 bridgehead atoms. The molecule has 3 nitrogen and oxygen atoms in total. The second kappa shape index (κ2) is 7.51. The lowest BCUT2D eigenvalue weighted by molar-refractivity contribution is 0.152. The second-order valence-corrected chi connectivity index (χ2v) is 5.45. The van der Waals surface area contributed by atoms with Gasteiger partial charge in [0.15, 0.2) is 0 Å². The van der Waals surface area contributed by atoms with E-state index in [0.29, 0.717) is 19.2 Å². The van der Waals surface area contributed by atoms with Crippen LogP contribution >= 0.6 is 0 Å². The third-order valence-electron chi connectivity index (χ3n) is 3.84. The Morgan fingerprint density at radius 3 is 3.05 bits per heavy atom. The van der Waals surface area contributed by atoms with Crippen LogP contribution in [-0.2, 0) is 6.54 Å². The molecule has 1 fully saturated rings. The van der Waals surface area contributed by atoms with Gasteiger partial charge in [0.05, 0.1) is 6.61 Å². The number of hydrogen-bond donors (Lipinski definition) is 1. The van der Waals surface area contributed by atoms with E-state index in [9.17, 15) is 0 Å². The molecule has 0 aliphatic carbocycles. The van der Waals surface area contributed by atoms with E-state index in [0.717, 1.165) is 18.7 Å². The fraction of sp³-hybridized carbons (Fsp3) is 0.625. The standard InChI is InChI=1S/C16H26N2O/c1-14-6-2-3-10-18(14)13-15-7-4-8-16(12-15)19-11-5-9-17/h4,7-8,12,14H,2-3,5-6,9-11,13,17H2,1H3. The summed E-state index contributed by atoms with van der Waals surface area (Å²) in [5.41, 5.74) is 6.82. The molecule has 0 amide bonds. The Morgan fingerprint density at radius 2 is 2.26 bits per heavy atom. The zero-order valence-corrected chi connectivity index (χ0v) is 12.0. The molecule has 0 spiro atoms. The van der Waals surface area contributed by atoms with Crippen LogP contribution in [-0.4, -0.2) is 30.6 Å². The third kappa shape index (κ3) is 4.51.